The van der Waals surface area contributed by atoms with E-state index in [4.69, 9.17) is 9.47 Å². The van der Waals surface area contributed by atoms with Crippen molar-refractivity contribution in [2.24, 2.45) is 10.4 Å². The fourth-order valence-electron chi connectivity index (χ4n) is 1.99. The fourth-order valence-corrected chi connectivity index (χ4v) is 1.99. The summed E-state index contributed by atoms with van der Waals surface area (Å²) in [6, 6.07) is 0. The Bertz CT molecular complexity index is 312. The highest BCUT2D eigenvalue weighted by atomic mass is 16.5. The molecule has 1 aliphatic carbocycles. The van der Waals surface area contributed by atoms with Gasteiger partial charge < -0.3 is 20.1 Å². The average Bonchev–Trinajstić information content (AvgIpc) is 3.20. The molecule has 1 fully saturated rings. The Labute approximate surface area is 123 Å². The number of methoxy groups -OCH3 is 1. The Morgan fingerprint density at radius 2 is 2.00 bits per heavy atom. The Hall–Kier alpha value is -0.810. The summed E-state index contributed by atoms with van der Waals surface area (Å²) in [4.78, 5) is 4.26. The minimum Gasteiger partial charge on any atom is -0.382 e. The quantitative estimate of drug-likeness (QED) is 0.385. The smallest absolute Gasteiger partial charge is 0.191 e. The number of ether oxygens (including phenoxy) is 2. The van der Waals surface area contributed by atoms with E-state index >= 15 is 0 Å². The molecule has 1 rings (SSSR count). The van der Waals surface area contributed by atoms with E-state index in [9.17, 15) is 0 Å². The molecule has 1 aliphatic rings. The number of nitrogens with zero attached hydrogens (tertiary/aromatic N) is 1. The van der Waals surface area contributed by atoms with Crippen molar-refractivity contribution in [1.82, 2.24) is 10.6 Å². The fraction of sp³-hybridized carbons (Fsp3) is 0.933. The first-order chi connectivity index (χ1) is 9.47. The molecule has 0 saturated heterocycles. The van der Waals surface area contributed by atoms with Gasteiger partial charge in [0.1, 0.15) is 0 Å². The number of rotatable bonds is 9. The topological polar surface area (TPSA) is 54.9 Å². The lowest BCUT2D eigenvalue weighted by molar-refractivity contribution is 0.0268. The average molecular weight is 285 g/mol. The molecule has 20 heavy (non-hydrogen) atoms. The van der Waals surface area contributed by atoms with Gasteiger partial charge >= 0.3 is 0 Å². The van der Waals surface area contributed by atoms with Gasteiger partial charge in [0.05, 0.1) is 5.60 Å². The summed E-state index contributed by atoms with van der Waals surface area (Å²) in [5.41, 5.74) is 0.230. The second-order valence-corrected chi connectivity index (χ2v) is 6.19. The second kappa shape index (κ2) is 7.84. The maximum Gasteiger partial charge on any atom is 0.191 e. The van der Waals surface area contributed by atoms with E-state index in [2.05, 4.69) is 29.5 Å². The molecule has 0 aromatic carbocycles. The van der Waals surface area contributed by atoms with E-state index in [1.165, 1.54) is 12.8 Å². The summed E-state index contributed by atoms with van der Waals surface area (Å²) >= 11 is 0. The van der Waals surface area contributed by atoms with Crippen LogP contribution >= 0.6 is 0 Å². The van der Waals surface area contributed by atoms with E-state index < -0.39 is 0 Å². The van der Waals surface area contributed by atoms with E-state index in [-0.39, 0.29) is 5.60 Å². The van der Waals surface area contributed by atoms with Gasteiger partial charge in [-0.2, -0.15) is 0 Å². The summed E-state index contributed by atoms with van der Waals surface area (Å²) in [5, 5.41) is 6.73. The number of aliphatic imine (C=N–C) groups is 1. The third-order valence-electron chi connectivity index (χ3n) is 4.03. The first-order valence-corrected chi connectivity index (χ1v) is 7.54. The highest BCUT2D eigenvalue weighted by Crippen LogP contribution is 2.48. The van der Waals surface area contributed by atoms with Crippen LogP contribution in [0.2, 0.25) is 0 Å². The van der Waals surface area contributed by atoms with Gasteiger partial charge in [0.25, 0.3) is 0 Å². The van der Waals surface area contributed by atoms with Gasteiger partial charge in [-0.25, -0.2) is 0 Å². The van der Waals surface area contributed by atoms with Gasteiger partial charge in [0.15, 0.2) is 5.96 Å². The molecule has 0 unspecified atom stereocenters. The van der Waals surface area contributed by atoms with Crippen LogP contribution in [0.1, 0.15) is 40.0 Å². The normalized spacial score (nSPS) is 17.9. The van der Waals surface area contributed by atoms with Crippen LogP contribution < -0.4 is 10.6 Å². The summed E-state index contributed by atoms with van der Waals surface area (Å²) < 4.78 is 10.9. The van der Waals surface area contributed by atoms with Crippen LogP contribution in [0.25, 0.3) is 0 Å². The first kappa shape index (κ1) is 17.2. The minimum absolute atomic E-state index is 0.191. The minimum atomic E-state index is -0.191. The number of nitrogens with one attached hydrogen (secondary N) is 2. The monoisotopic (exact) mass is 285 g/mol. The lowest BCUT2D eigenvalue weighted by Crippen LogP contribution is -2.46. The van der Waals surface area contributed by atoms with Gasteiger partial charge in [-0.05, 0) is 45.4 Å². The molecular formula is C15H31N3O2. The molecule has 0 heterocycles. The van der Waals surface area contributed by atoms with Crippen LogP contribution in [0, 0.1) is 5.41 Å². The van der Waals surface area contributed by atoms with Gasteiger partial charge in [0, 0.05) is 40.5 Å². The van der Waals surface area contributed by atoms with Crippen LogP contribution in [0.3, 0.4) is 0 Å². The Morgan fingerprint density at radius 1 is 1.30 bits per heavy atom. The zero-order valence-electron chi connectivity index (χ0n) is 13.7. The molecule has 5 nitrogen and oxygen atoms in total. The van der Waals surface area contributed by atoms with E-state index in [1.54, 1.807) is 14.2 Å². The van der Waals surface area contributed by atoms with Crippen LogP contribution in [-0.2, 0) is 9.47 Å². The third-order valence-corrected chi connectivity index (χ3v) is 4.03. The molecular weight excluding hydrogens is 254 g/mol. The third kappa shape index (κ3) is 6.09. The molecule has 0 atom stereocenters. The molecule has 0 aromatic heterocycles. The highest BCUT2D eigenvalue weighted by Gasteiger charge is 2.41. The highest BCUT2D eigenvalue weighted by molar-refractivity contribution is 5.79. The Morgan fingerprint density at radius 3 is 2.50 bits per heavy atom. The molecule has 0 radical (unpaired) electrons. The van der Waals surface area contributed by atoms with Crippen molar-refractivity contribution in [1.29, 1.82) is 0 Å². The van der Waals surface area contributed by atoms with Crippen LogP contribution in [0.15, 0.2) is 4.99 Å². The van der Waals surface area contributed by atoms with E-state index in [1.807, 2.05) is 6.92 Å². The van der Waals surface area contributed by atoms with Crippen molar-refractivity contribution >= 4 is 5.96 Å². The molecule has 0 aromatic rings. The van der Waals surface area contributed by atoms with Crippen molar-refractivity contribution in [3.63, 3.8) is 0 Å². The zero-order valence-corrected chi connectivity index (χ0v) is 13.7. The number of hydrogen-bond donors (Lipinski definition) is 2. The van der Waals surface area contributed by atoms with Crippen LogP contribution in [0.5, 0.6) is 0 Å². The molecule has 0 bridgehead atoms. The Balaban J connectivity index is 2.28. The van der Waals surface area contributed by atoms with Gasteiger partial charge in [0.2, 0.25) is 0 Å². The summed E-state index contributed by atoms with van der Waals surface area (Å²) in [7, 11) is 3.53. The van der Waals surface area contributed by atoms with Crippen molar-refractivity contribution in [2.45, 2.75) is 45.6 Å². The predicted molar refractivity (Wildman–Crippen MR) is 83.2 cm³/mol. The van der Waals surface area contributed by atoms with E-state index in [0.29, 0.717) is 5.41 Å². The second-order valence-electron chi connectivity index (χ2n) is 6.19. The van der Waals surface area contributed by atoms with Crippen molar-refractivity contribution < 1.29 is 9.47 Å². The number of guanidine groups is 1. The zero-order chi connectivity index (χ0) is 15.1. The SMILES string of the molecule is CCOCCC1(CNC(=NC)NCC(C)(C)OC)CC1. The molecule has 1 saturated carbocycles. The predicted octanol–water partition coefficient (Wildman–Crippen LogP) is 1.78. The maximum atomic E-state index is 5.46. The number of hydrogen-bond acceptors (Lipinski definition) is 3. The molecule has 118 valence electrons. The molecule has 0 spiro atoms. The van der Waals surface area contributed by atoms with Crippen molar-refractivity contribution in [2.75, 3.05) is 40.5 Å². The van der Waals surface area contributed by atoms with Gasteiger partial charge in [-0.3, -0.25) is 4.99 Å². The lowest BCUT2D eigenvalue weighted by atomic mass is 10.0. The summed E-state index contributed by atoms with van der Waals surface area (Å²) in [5.74, 6) is 0.845. The van der Waals surface area contributed by atoms with Crippen molar-refractivity contribution in [3.8, 4) is 0 Å². The van der Waals surface area contributed by atoms with Crippen LogP contribution in [0.4, 0.5) is 0 Å². The maximum absolute atomic E-state index is 5.46. The molecule has 0 aliphatic heterocycles. The molecule has 0 amide bonds. The van der Waals surface area contributed by atoms with Gasteiger partial charge in [-0.1, -0.05) is 0 Å². The van der Waals surface area contributed by atoms with E-state index in [0.717, 1.165) is 38.7 Å². The summed E-state index contributed by atoms with van der Waals surface area (Å²) in [6.45, 7) is 9.51. The standard InChI is InChI=1S/C15H31N3O2/c1-6-20-10-9-15(7-8-15)12-18-13(16-4)17-11-14(2,3)19-5/h6-12H2,1-5H3,(H2,16,17,18). The molecule has 2 N–H and O–H groups in total. The van der Waals surface area contributed by atoms with Crippen LogP contribution in [-0.4, -0.2) is 52.0 Å². The largest absolute Gasteiger partial charge is 0.382 e. The lowest BCUT2D eigenvalue weighted by Gasteiger charge is -2.25. The van der Waals surface area contributed by atoms with Crippen molar-refractivity contribution in [3.05, 3.63) is 0 Å². The molecule has 5 heteroatoms. The van der Waals surface area contributed by atoms with Gasteiger partial charge in [-0.15, -0.1) is 0 Å². The first-order valence-electron chi connectivity index (χ1n) is 7.54. The Kier molecular flexibility index (Phi) is 6.76. The summed E-state index contributed by atoms with van der Waals surface area (Å²) in [6.07, 6.45) is 3.70.